The van der Waals surface area contributed by atoms with E-state index in [9.17, 15) is 8.42 Å². The van der Waals surface area contributed by atoms with Gasteiger partial charge in [-0.1, -0.05) is 6.07 Å². The molecule has 0 radical (unpaired) electrons. The van der Waals surface area contributed by atoms with Crippen molar-refractivity contribution in [1.82, 2.24) is 5.32 Å². The zero-order valence-corrected chi connectivity index (χ0v) is 14.9. The molecule has 1 atom stereocenters. The minimum atomic E-state index is -2.80. The van der Waals surface area contributed by atoms with Crippen molar-refractivity contribution in [1.29, 1.82) is 0 Å². The van der Waals surface area contributed by atoms with Crippen LogP contribution in [0.2, 0.25) is 0 Å². The van der Waals surface area contributed by atoms with Gasteiger partial charge in [-0.05, 0) is 69.2 Å². The predicted molar refractivity (Wildman–Crippen MR) is 92.7 cm³/mol. The Bertz CT molecular complexity index is 640. The lowest BCUT2D eigenvalue weighted by Gasteiger charge is -2.32. The minimum Gasteiger partial charge on any atom is -0.491 e. The summed E-state index contributed by atoms with van der Waals surface area (Å²) in [5.41, 5.74) is 2.73. The number of rotatable bonds is 4. The molecule has 1 aromatic carbocycles. The summed E-state index contributed by atoms with van der Waals surface area (Å²) in [7, 11) is -2.80. The summed E-state index contributed by atoms with van der Waals surface area (Å²) in [5.74, 6) is 1.57. The Balaban J connectivity index is 1.72. The van der Waals surface area contributed by atoms with Gasteiger partial charge in [-0.2, -0.15) is 0 Å². The van der Waals surface area contributed by atoms with Crippen LogP contribution in [0.25, 0.3) is 0 Å². The van der Waals surface area contributed by atoms with Crippen molar-refractivity contribution in [3.05, 3.63) is 29.3 Å². The number of aryl methyl sites for hydroxylation is 1. The number of fused-ring (bicyclic) bond motifs is 1. The fourth-order valence-corrected chi connectivity index (χ4v) is 5.13. The summed E-state index contributed by atoms with van der Waals surface area (Å²) < 4.78 is 29.0. The maximum atomic E-state index is 11.6. The third-order valence-corrected chi connectivity index (χ3v) is 6.51. The van der Waals surface area contributed by atoms with E-state index in [1.807, 2.05) is 13.8 Å². The number of hydrogen-bond donors (Lipinski definition) is 1. The van der Waals surface area contributed by atoms with E-state index in [-0.39, 0.29) is 6.10 Å². The molecule has 0 unspecified atom stereocenters. The maximum absolute atomic E-state index is 11.6. The summed E-state index contributed by atoms with van der Waals surface area (Å²) >= 11 is 0. The summed E-state index contributed by atoms with van der Waals surface area (Å²) in [4.78, 5) is 0. The highest BCUT2D eigenvalue weighted by molar-refractivity contribution is 7.91. The van der Waals surface area contributed by atoms with Crippen LogP contribution in [-0.2, 0) is 16.3 Å². The summed E-state index contributed by atoms with van der Waals surface area (Å²) in [6.07, 6.45) is 5.05. The molecule has 2 aliphatic rings. The molecule has 1 aromatic rings. The van der Waals surface area contributed by atoms with Gasteiger partial charge in [0.15, 0.2) is 0 Å². The van der Waals surface area contributed by atoms with E-state index >= 15 is 0 Å². The van der Waals surface area contributed by atoms with Crippen molar-refractivity contribution in [2.45, 2.75) is 64.1 Å². The van der Waals surface area contributed by atoms with Crippen molar-refractivity contribution >= 4 is 9.84 Å². The van der Waals surface area contributed by atoms with Crippen molar-refractivity contribution in [2.24, 2.45) is 0 Å². The average molecular weight is 337 g/mol. The Kier molecular flexibility index (Phi) is 4.97. The normalized spacial score (nSPS) is 24.4. The third-order valence-electron chi connectivity index (χ3n) is 4.79. The fourth-order valence-electron chi connectivity index (χ4n) is 3.64. The van der Waals surface area contributed by atoms with Crippen LogP contribution in [-0.4, -0.2) is 32.1 Å². The monoisotopic (exact) mass is 337 g/mol. The van der Waals surface area contributed by atoms with Gasteiger partial charge in [-0.25, -0.2) is 8.42 Å². The highest BCUT2D eigenvalue weighted by atomic mass is 32.2. The zero-order valence-electron chi connectivity index (χ0n) is 14.0. The van der Waals surface area contributed by atoms with Gasteiger partial charge in [-0.15, -0.1) is 0 Å². The molecule has 0 saturated carbocycles. The Labute approximate surface area is 139 Å². The van der Waals surface area contributed by atoms with Crippen LogP contribution < -0.4 is 10.1 Å². The minimum absolute atomic E-state index is 0.173. The largest absolute Gasteiger partial charge is 0.491 e. The van der Waals surface area contributed by atoms with E-state index in [0.717, 1.165) is 31.4 Å². The molecule has 0 bridgehead atoms. The number of nitrogens with one attached hydrogen (secondary N) is 1. The smallest absolute Gasteiger partial charge is 0.150 e. The molecule has 1 heterocycles. The number of benzene rings is 1. The molecule has 4 nitrogen and oxygen atoms in total. The first-order valence-electron chi connectivity index (χ1n) is 8.69. The van der Waals surface area contributed by atoms with E-state index in [4.69, 9.17) is 4.74 Å². The lowest BCUT2D eigenvalue weighted by atomic mass is 9.87. The van der Waals surface area contributed by atoms with Crippen LogP contribution in [0.3, 0.4) is 0 Å². The molecule has 5 heteroatoms. The molecular weight excluding hydrogens is 310 g/mol. The second-order valence-corrected chi connectivity index (χ2v) is 9.37. The van der Waals surface area contributed by atoms with Gasteiger partial charge in [-0.3, -0.25) is 0 Å². The van der Waals surface area contributed by atoms with Gasteiger partial charge in [0, 0.05) is 12.1 Å². The highest BCUT2D eigenvalue weighted by Crippen LogP contribution is 2.33. The van der Waals surface area contributed by atoms with E-state index < -0.39 is 9.84 Å². The number of sulfone groups is 1. The maximum Gasteiger partial charge on any atom is 0.150 e. The van der Waals surface area contributed by atoms with Crippen LogP contribution in [0, 0.1) is 0 Å². The lowest BCUT2D eigenvalue weighted by Crippen LogP contribution is -2.40. The second kappa shape index (κ2) is 6.81. The van der Waals surface area contributed by atoms with E-state index in [2.05, 4.69) is 23.5 Å². The Hall–Kier alpha value is -1.07. The quantitative estimate of drug-likeness (QED) is 0.917. The summed E-state index contributed by atoms with van der Waals surface area (Å²) in [6.45, 7) is 4.08. The molecule has 1 aliphatic heterocycles. The van der Waals surface area contributed by atoms with Gasteiger partial charge in [0.1, 0.15) is 15.6 Å². The number of ether oxygens (including phenoxy) is 1. The molecule has 0 amide bonds. The van der Waals surface area contributed by atoms with Gasteiger partial charge in [0.2, 0.25) is 0 Å². The van der Waals surface area contributed by atoms with Crippen molar-refractivity contribution in [3.8, 4) is 5.75 Å². The van der Waals surface area contributed by atoms with Crippen molar-refractivity contribution < 1.29 is 13.2 Å². The molecule has 1 N–H and O–H groups in total. The first-order valence-corrected chi connectivity index (χ1v) is 10.5. The summed E-state index contributed by atoms with van der Waals surface area (Å²) in [6, 6.07) is 7.05. The molecule has 1 aliphatic carbocycles. The van der Waals surface area contributed by atoms with Gasteiger partial charge < -0.3 is 10.1 Å². The van der Waals surface area contributed by atoms with Crippen molar-refractivity contribution in [3.63, 3.8) is 0 Å². The first kappa shape index (κ1) is 16.8. The van der Waals surface area contributed by atoms with E-state index in [1.165, 1.54) is 17.5 Å². The van der Waals surface area contributed by atoms with Crippen molar-refractivity contribution in [2.75, 3.05) is 11.5 Å². The molecule has 3 rings (SSSR count). The van der Waals surface area contributed by atoms with E-state index in [1.54, 1.807) is 0 Å². The predicted octanol–water partition coefficient (Wildman–Crippen LogP) is 3.02. The topological polar surface area (TPSA) is 55.4 Å². The molecule has 1 saturated heterocycles. The Morgan fingerprint density at radius 1 is 1.17 bits per heavy atom. The molecule has 23 heavy (non-hydrogen) atoms. The lowest BCUT2D eigenvalue weighted by molar-refractivity contribution is 0.241. The van der Waals surface area contributed by atoms with Gasteiger partial charge >= 0.3 is 0 Å². The SMILES string of the molecule is CC(C)Oc1ccc2c(c1)[C@H](NC1CCS(=O)(=O)CC1)CCC2. The van der Waals surface area contributed by atoms with Gasteiger partial charge in [0.25, 0.3) is 0 Å². The Morgan fingerprint density at radius 2 is 1.91 bits per heavy atom. The van der Waals surface area contributed by atoms with Crippen LogP contribution >= 0.6 is 0 Å². The Morgan fingerprint density at radius 3 is 2.61 bits per heavy atom. The van der Waals surface area contributed by atoms with Crippen LogP contribution in [0.15, 0.2) is 18.2 Å². The van der Waals surface area contributed by atoms with Crippen LogP contribution in [0.4, 0.5) is 0 Å². The van der Waals surface area contributed by atoms with Crippen LogP contribution in [0.1, 0.15) is 56.7 Å². The second-order valence-electron chi connectivity index (χ2n) is 7.06. The molecular formula is C18H27NO3S. The average Bonchev–Trinajstić information content (AvgIpc) is 2.49. The van der Waals surface area contributed by atoms with Gasteiger partial charge in [0.05, 0.1) is 17.6 Å². The summed E-state index contributed by atoms with van der Waals surface area (Å²) in [5, 5.41) is 3.71. The van der Waals surface area contributed by atoms with E-state index in [0.29, 0.717) is 23.6 Å². The highest BCUT2D eigenvalue weighted by Gasteiger charge is 2.28. The first-order chi connectivity index (χ1) is 10.9. The molecule has 0 spiro atoms. The third kappa shape index (κ3) is 4.27. The molecule has 1 fully saturated rings. The fraction of sp³-hybridized carbons (Fsp3) is 0.667. The molecule has 0 aromatic heterocycles. The van der Waals surface area contributed by atoms with Crippen LogP contribution in [0.5, 0.6) is 5.75 Å². The standard InChI is InChI=1S/C18H27NO3S/c1-13(2)22-16-7-6-14-4-3-5-18(17(14)12-16)19-15-8-10-23(20,21)11-9-15/h6-7,12-13,15,18-19H,3-5,8-11H2,1-2H3/t18-/m1/s1. The number of hydrogen-bond acceptors (Lipinski definition) is 4. The molecule has 128 valence electrons. The zero-order chi connectivity index (χ0) is 16.4.